The number of carbonyl (C=O) groups is 1. The summed E-state index contributed by atoms with van der Waals surface area (Å²) in [5, 5.41) is 7.87. The van der Waals surface area contributed by atoms with Gasteiger partial charge < -0.3 is 10.2 Å². The first kappa shape index (κ1) is 20.3. The molecular formula is C24H29N5O. The number of hydrogen-bond acceptors (Lipinski definition) is 4. The van der Waals surface area contributed by atoms with Crippen LogP contribution in [0.25, 0.3) is 16.9 Å². The van der Waals surface area contributed by atoms with Crippen molar-refractivity contribution >= 4 is 5.91 Å². The van der Waals surface area contributed by atoms with Gasteiger partial charge in [0.15, 0.2) is 0 Å². The third-order valence-corrected chi connectivity index (χ3v) is 5.75. The molecule has 1 aliphatic heterocycles. The van der Waals surface area contributed by atoms with Crippen LogP contribution in [-0.4, -0.2) is 51.2 Å². The molecule has 1 unspecified atom stereocenters. The highest BCUT2D eigenvalue weighted by atomic mass is 16.1. The molecule has 0 radical (unpaired) electrons. The minimum absolute atomic E-state index is 0.0855. The molecule has 1 saturated heterocycles. The number of nitrogens with zero attached hydrogens (tertiary/aromatic N) is 4. The number of nitrogens with one attached hydrogen (secondary N) is 1. The van der Waals surface area contributed by atoms with Crippen molar-refractivity contribution in [3.8, 4) is 16.9 Å². The van der Waals surface area contributed by atoms with E-state index in [-0.39, 0.29) is 5.91 Å². The Morgan fingerprint density at radius 2 is 2.03 bits per heavy atom. The Balaban J connectivity index is 1.54. The Kier molecular flexibility index (Phi) is 6.23. The van der Waals surface area contributed by atoms with Gasteiger partial charge in [-0.3, -0.25) is 9.78 Å². The van der Waals surface area contributed by atoms with E-state index in [4.69, 9.17) is 5.10 Å². The van der Waals surface area contributed by atoms with Gasteiger partial charge >= 0.3 is 0 Å². The standard InChI is InChI=1S/C24H29N5O/c1-18(2)28-13-7-8-19(16-28)14-26-24(30)22-17-29(21-10-4-3-5-11-21)27-23(22)20-9-6-12-25-15-20/h3-6,9-12,15,17-19H,7-8,13-14,16H2,1-2H3,(H,26,30). The number of benzene rings is 1. The first-order valence-electron chi connectivity index (χ1n) is 10.7. The number of carbonyl (C=O) groups excluding carboxylic acids is 1. The van der Waals surface area contributed by atoms with Gasteiger partial charge in [-0.15, -0.1) is 0 Å². The van der Waals surface area contributed by atoms with Crippen molar-refractivity contribution in [1.29, 1.82) is 0 Å². The van der Waals surface area contributed by atoms with Crippen molar-refractivity contribution in [2.45, 2.75) is 32.7 Å². The summed E-state index contributed by atoms with van der Waals surface area (Å²) in [6.45, 7) is 7.34. The van der Waals surface area contributed by atoms with Crippen LogP contribution in [0.4, 0.5) is 0 Å². The fourth-order valence-corrected chi connectivity index (χ4v) is 4.03. The summed E-state index contributed by atoms with van der Waals surface area (Å²) in [6, 6.07) is 14.2. The number of aromatic nitrogens is 3. The van der Waals surface area contributed by atoms with Gasteiger partial charge in [0.25, 0.3) is 5.91 Å². The van der Waals surface area contributed by atoms with E-state index in [0.29, 0.717) is 29.8 Å². The van der Waals surface area contributed by atoms with E-state index >= 15 is 0 Å². The summed E-state index contributed by atoms with van der Waals surface area (Å²) in [7, 11) is 0. The second kappa shape index (κ2) is 9.22. The number of hydrogen-bond donors (Lipinski definition) is 1. The zero-order valence-electron chi connectivity index (χ0n) is 17.7. The predicted octanol–water partition coefficient (Wildman–Crippen LogP) is 3.78. The van der Waals surface area contributed by atoms with Gasteiger partial charge in [0.05, 0.1) is 11.3 Å². The maximum Gasteiger partial charge on any atom is 0.255 e. The molecule has 6 nitrogen and oxygen atoms in total. The summed E-state index contributed by atoms with van der Waals surface area (Å²) in [6.07, 6.45) is 7.62. The Bertz CT molecular complexity index is 968. The average Bonchev–Trinajstić information content (AvgIpc) is 3.24. The third kappa shape index (κ3) is 4.60. The minimum atomic E-state index is -0.0855. The number of amides is 1. The zero-order valence-corrected chi connectivity index (χ0v) is 17.7. The van der Waals surface area contributed by atoms with E-state index in [1.807, 2.05) is 48.7 Å². The number of pyridine rings is 1. The summed E-state index contributed by atoms with van der Waals surface area (Å²) in [5.41, 5.74) is 2.97. The van der Waals surface area contributed by atoms with Crippen LogP contribution in [0, 0.1) is 5.92 Å². The lowest BCUT2D eigenvalue weighted by molar-refractivity contribution is 0.0923. The van der Waals surface area contributed by atoms with Crippen LogP contribution in [0.5, 0.6) is 0 Å². The highest BCUT2D eigenvalue weighted by Gasteiger charge is 2.24. The Morgan fingerprint density at radius 1 is 1.20 bits per heavy atom. The van der Waals surface area contributed by atoms with Crippen molar-refractivity contribution in [2.24, 2.45) is 5.92 Å². The fourth-order valence-electron chi connectivity index (χ4n) is 4.03. The maximum atomic E-state index is 13.1. The Morgan fingerprint density at radius 3 is 2.77 bits per heavy atom. The Labute approximate surface area is 177 Å². The summed E-state index contributed by atoms with van der Waals surface area (Å²) >= 11 is 0. The molecule has 4 rings (SSSR count). The summed E-state index contributed by atoms with van der Waals surface area (Å²) in [5.74, 6) is 0.397. The number of para-hydroxylation sites is 1. The van der Waals surface area contributed by atoms with Crippen molar-refractivity contribution in [3.05, 3.63) is 66.6 Å². The maximum absolute atomic E-state index is 13.1. The molecule has 1 fully saturated rings. The van der Waals surface area contributed by atoms with Crippen molar-refractivity contribution in [2.75, 3.05) is 19.6 Å². The van der Waals surface area contributed by atoms with Crippen LogP contribution < -0.4 is 5.32 Å². The number of rotatable bonds is 6. The summed E-state index contributed by atoms with van der Waals surface area (Å²) in [4.78, 5) is 19.8. The Hall–Kier alpha value is -2.99. The molecule has 1 amide bonds. The quantitative estimate of drug-likeness (QED) is 0.680. The number of piperidine rings is 1. The van der Waals surface area contributed by atoms with E-state index in [0.717, 1.165) is 30.8 Å². The molecule has 0 bridgehead atoms. The molecule has 1 aromatic carbocycles. The molecule has 3 aromatic rings. The molecular weight excluding hydrogens is 374 g/mol. The van der Waals surface area contributed by atoms with Gasteiger partial charge in [-0.05, 0) is 63.4 Å². The topological polar surface area (TPSA) is 63.1 Å². The molecule has 1 atom stereocenters. The molecule has 1 aliphatic rings. The lowest BCUT2D eigenvalue weighted by Gasteiger charge is -2.35. The van der Waals surface area contributed by atoms with E-state index in [2.05, 4.69) is 29.0 Å². The van der Waals surface area contributed by atoms with E-state index < -0.39 is 0 Å². The van der Waals surface area contributed by atoms with E-state index in [1.54, 1.807) is 17.1 Å². The monoisotopic (exact) mass is 403 g/mol. The normalized spacial score (nSPS) is 17.2. The van der Waals surface area contributed by atoms with Crippen molar-refractivity contribution in [3.63, 3.8) is 0 Å². The van der Waals surface area contributed by atoms with Crippen LogP contribution >= 0.6 is 0 Å². The molecule has 156 valence electrons. The van der Waals surface area contributed by atoms with Crippen LogP contribution in [0.1, 0.15) is 37.0 Å². The van der Waals surface area contributed by atoms with Gasteiger partial charge in [0, 0.05) is 43.3 Å². The van der Waals surface area contributed by atoms with Crippen LogP contribution in [-0.2, 0) is 0 Å². The first-order chi connectivity index (χ1) is 14.6. The van der Waals surface area contributed by atoms with Crippen LogP contribution in [0.15, 0.2) is 61.1 Å². The molecule has 0 aliphatic carbocycles. The predicted molar refractivity (Wildman–Crippen MR) is 119 cm³/mol. The van der Waals surface area contributed by atoms with Crippen molar-refractivity contribution < 1.29 is 4.79 Å². The van der Waals surface area contributed by atoms with Gasteiger partial charge in [-0.1, -0.05) is 18.2 Å². The molecule has 2 aromatic heterocycles. The van der Waals surface area contributed by atoms with Crippen LogP contribution in [0.3, 0.4) is 0 Å². The van der Waals surface area contributed by atoms with Crippen molar-refractivity contribution in [1.82, 2.24) is 25.0 Å². The van der Waals surface area contributed by atoms with Gasteiger partial charge in [-0.25, -0.2) is 4.68 Å². The SMILES string of the molecule is CC(C)N1CCCC(CNC(=O)c2cn(-c3ccccc3)nc2-c2cccnc2)C1. The lowest BCUT2D eigenvalue weighted by atomic mass is 9.97. The molecule has 6 heteroatoms. The highest BCUT2D eigenvalue weighted by molar-refractivity contribution is 5.99. The summed E-state index contributed by atoms with van der Waals surface area (Å²) < 4.78 is 1.76. The smallest absolute Gasteiger partial charge is 0.255 e. The zero-order chi connectivity index (χ0) is 20.9. The van der Waals surface area contributed by atoms with Gasteiger partial charge in [0.2, 0.25) is 0 Å². The molecule has 3 heterocycles. The average molecular weight is 404 g/mol. The van der Waals surface area contributed by atoms with Gasteiger partial charge in [0.1, 0.15) is 5.69 Å². The number of likely N-dealkylation sites (tertiary alicyclic amines) is 1. The second-order valence-corrected chi connectivity index (χ2v) is 8.22. The molecule has 0 spiro atoms. The molecule has 1 N–H and O–H groups in total. The van der Waals surface area contributed by atoms with E-state index in [1.165, 1.54) is 6.42 Å². The molecule has 0 saturated carbocycles. The fraction of sp³-hybridized carbons (Fsp3) is 0.375. The second-order valence-electron chi connectivity index (χ2n) is 8.22. The third-order valence-electron chi connectivity index (χ3n) is 5.75. The molecule has 30 heavy (non-hydrogen) atoms. The lowest BCUT2D eigenvalue weighted by Crippen LogP contribution is -2.43. The van der Waals surface area contributed by atoms with E-state index in [9.17, 15) is 4.79 Å². The largest absolute Gasteiger partial charge is 0.352 e. The minimum Gasteiger partial charge on any atom is -0.352 e. The highest BCUT2D eigenvalue weighted by Crippen LogP contribution is 2.23. The van der Waals surface area contributed by atoms with Gasteiger partial charge in [-0.2, -0.15) is 5.10 Å². The first-order valence-corrected chi connectivity index (χ1v) is 10.7. The van der Waals surface area contributed by atoms with Crippen LogP contribution in [0.2, 0.25) is 0 Å².